The van der Waals surface area contributed by atoms with E-state index in [4.69, 9.17) is 4.98 Å². The first-order chi connectivity index (χ1) is 9.31. The number of hydrogen-bond acceptors (Lipinski definition) is 4. The van der Waals surface area contributed by atoms with Crippen LogP contribution in [-0.4, -0.2) is 23.3 Å². The second-order valence-electron chi connectivity index (χ2n) is 4.65. The normalized spacial score (nSPS) is 13.4. The summed E-state index contributed by atoms with van der Waals surface area (Å²) in [6.45, 7) is 0. The highest BCUT2D eigenvalue weighted by Gasteiger charge is 2.19. The minimum atomic E-state index is 0.831. The summed E-state index contributed by atoms with van der Waals surface area (Å²) in [5, 5.41) is 3.20. The fourth-order valence-corrected chi connectivity index (χ4v) is 2.92. The summed E-state index contributed by atoms with van der Waals surface area (Å²) in [5.74, 6) is 1.82. The second-order valence-corrected chi connectivity index (χ2v) is 5.53. The Morgan fingerprint density at radius 3 is 2.58 bits per heavy atom. The van der Waals surface area contributed by atoms with Gasteiger partial charge in [-0.05, 0) is 37.7 Å². The molecule has 0 amide bonds. The van der Waals surface area contributed by atoms with Gasteiger partial charge in [-0.2, -0.15) is 0 Å². The molecule has 0 fully saturated rings. The molecule has 1 N–H and O–H groups in total. The zero-order valence-electron chi connectivity index (χ0n) is 11.2. The van der Waals surface area contributed by atoms with Crippen LogP contribution >= 0.6 is 11.8 Å². The molecule has 1 aliphatic rings. The lowest BCUT2D eigenvalue weighted by Crippen LogP contribution is -2.03. The van der Waals surface area contributed by atoms with Crippen LogP contribution in [0.1, 0.15) is 17.7 Å². The van der Waals surface area contributed by atoms with Gasteiger partial charge in [-0.3, -0.25) is 0 Å². The smallest absolute Gasteiger partial charge is 0.161 e. The monoisotopic (exact) mass is 271 g/mol. The number of anilines is 1. The van der Waals surface area contributed by atoms with Crippen LogP contribution in [-0.2, 0) is 12.8 Å². The molecule has 4 heteroatoms. The zero-order chi connectivity index (χ0) is 13.2. The van der Waals surface area contributed by atoms with Crippen molar-refractivity contribution in [2.45, 2.75) is 24.2 Å². The van der Waals surface area contributed by atoms with Gasteiger partial charge in [0.1, 0.15) is 5.82 Å². The van der Waals surface area contributed by atoms with Crippen LogP contribution in [0.5, 0.6) is 0 Å². The number of thioether (sulfide) groups is 1. The molecule has 0 radical (unpaired) electrons. The van der Waals surface area contributed by atoms with Crippen LogP contribution < -0.4 is 5.32 Å². The molecule has 3 rings (SSSR count). The van der Waals surface area contributed by atoms with Crippen molar-refractivity contribution in [3.8, 4) is 11.4 Å². The van der Waals surface area contributed by atoms with Crippen LogP contribution in [0.25, 0.3) is 11.4 Å². The number of aryl methyl sites for hydroxylation is 1. The number of aromatic nitrogens is 2. The first-order valence-corrected chi connectivity index (χ1v) is 7.76. The summed E-state index contributed by atoms with van der Waals surface area (Å²) in [4.78, 5) is 10.7. The summed E-state index contributed by atoms with van der Waals surface area (Å²) < 4.78 is 0. The molecule has 0 saturated heterocycles. The first-order valence-electron chi connectivity index (χ1n) is 6.54. The molecule has 0 saturated carbocycles. The van der Waals surface area contributed by atoms with Gasteiger partial charge in [0.15, 0.2) is 5.82 Å². The largest absolute Gasteiger partial charge is 0.373 e. The Morgan fingerprint density at radius 1 is 1.11 bits per heavy atom. The maximum Gasteiger partial charge on any atom is 0.161 e. The molecule has 1 aliphatic carbocycles. The highest BCUT2D eigenvalue weighted by molar-refractivity contribution is 7.98. The van der Waals surface area contributed by atoms with E-state index in [0.29, 0.717) is 0 Å². The predicted molar refractivity (Wildman–Crippen MR) is 80.8 cm³/mol. The van der Waals surface area contributed by atoms with Crippen molar-refractivity contribution < 1.29 is 0 Å². The van der Waals surface area contributed by atoms with E-state index in [1.165, 1.54) is 22.6 Å². The topological polar surface area (TPSA) is 37.8 Å². The number of nitrogens with zero attached hydrogens (tertiary/aromatic N) is 2. The Balaban J connectivity index is 2.04. The summed E-state index contributed by atoms with van der Waals surface area (Å²) in [6.07, 6.45) is 5.44. The van der Waals surface area contributed by atoms with Crippen molar-refractivity contribution in [1.82, 2.24) is 9.97 Å². The van der Waals surface area contributed by atoms with E-state index in [1.54, 1.807) is 11.8 Å². The van der Waals surface area contributed by atoms with Gasteiger partial charge >= 0.3 is 0 Å². The minimum absolute atomic E-state index is 0.831. The van der Waals surface area contributed by atoms with Crippen molar-refractivity contribution in [1.29, 1.82) is 0 Å². The number of nitrogens with one attached hydrogen (secondary N) is 1. The van der Waals surface area contributed by atoms with E-state index >= 15 is 0 Å². The van der Waals surface area contributed by atoms with E-state index in [-0.39, 0.29) is 0 Å². The highest BCUT2D eigenvalue weighted by atomic mass is 32.2. The third kappa shape index (κ3) is 2.32. The molecule has 98 valence electrons. The van der Waals surface area contributed by atoms with Crippen molar-refractivity contribution in [3.05, 3.63) is 35.5 Å². The Labute approximate surface area is 117 Å². The molecule has 1 aromatic heterocycles. The SMILES string of the molecule is CNc1nc(-c2ccc(SC)cc2)nc2c1CCC2. The molecule has 19 heavy (non-hydrogen) atoms. The average Bonchev–Trinajstić information content (AvgIpc) is 2.94. The van der Waals surface area contributed by atoms with E-state index in [1.807, 2.05) is 7.05 Å². The van der Waals surface area contributed by atoms with Gasteiger partial charge in [0.2, 0.25) is 0 Å². The zero-order valence-corrected chi connectivity index (χ0v) is 12.0. The van der Waals surface area contributed by atoms with Crippen molar-refractivity contribution in [2.24, 2.45) is 0 Å². The number of fused-ring (bicyclic) bond motifs is 1. The van der Waals surface area contributed by atoms with E-state index in [2.05, 4.69) is 40.8 Å². The second kappa shape index (κ2) is 5.21. The van der Waals surface area contributed by atoms with Crippen LogP contribution in [0.4, 0.5) is 5.82 Å². The molecule has 0 spiro atoms. The van der Waals surface area contributed by atoms with E-state index in [0.717, 1.165) is 30.0 Å². The molecule has 1 heterocycles. The number of benzene rings is 1. The third-order valence-electron chi connectivity index (χ3n) is 3.52. The molecule has 0 bridgehead atoms. The van der Waals surface area contributed by atoms with Crippen LogP contribution in [0.15, 0.2) is 29.2 Å². The van der Waals surface area contributed by atoms with E-state index < -0.39 is 0 Å². The van der Waals surface area contributed by atoms with Gasteiger partial charge in [-0.1, -0.05) is 12.1 Å². The van der Waals surface area contributed by atoms with Gasteiger partial charge < -0.3 is 5.32 Å². The molecule has 3 nitrogen and oxygen atoms in total. The molecule has 0 unspecified atom stereocenters. The van der Waals surface area contributed by atoms with Gasteiger partial charge in [0.25, 0.3) is 0 Å². The maximum atomic E-state index is 4.73. The lowest BCUT2D eigenvalue weighted by atomic mass is 10.2. The molecular weight excluding hydrogens is 254 g/mol. The summed E-state index contributed by atoms with van der Waals surface area (Å²) in [5.41, 5.74) is 3.60. The maximum absolute atomic E-state index is 4.73. The number of rotatable bonds is 3. The predicted octanol–water partition coefficient (Wildman–Crippen LogP) is 3.40. The Morgan fingerprint density at radius 2 is 1.89 bits per heavy atom. The van der Waals surface area contributed by atoms with Gasteiger partial charge in [-0.15, -0.1) is 11.8 Å². The Bertz CT molecular complexity index is 593. The van der Waals surface area contributed by atoms with Crippen LogP contribution in [0.3, 0.4) is 0 Å². The molecular formula is C15H17N3S. The number of hydrogen-bond donors (Lipinski definition) is 1. The lowest BCUT2D eigenvalue weighted by molar-refractivity contribution is 0.900. The standard InChI is InChI=1S/C15H17N3S/c1-16-15-12-4-3-5-13(12)17-14(18-15)10-6-8-11(19-2)9-7-10/h6-9H,3-5H2,1-2H3,(H,16,17,18). The molecule has 0 aliphatic heterocycles. The summed E-state index contributed by atoms with van der Waals surface area (Å²) in [6, 6.07) is 8.44. The fraction of sp³-hybridized carbons (Fsp3) is 0.333. The van der Waals surface area contributed by atoms with Crippen LogP contribution in [0.2, 0.25) is 0 Å². The van der Waals surface area contributed by atoms with Gasteiger partial charge in [0.05, 0.1) is 0 Å². The minimum Gasteiger partial charge on any atom is -0.373 e. The summed E-state index contributed by atoms with van der Waals surface area (Å²) in [7, 11) is 1.93. The van der Waals surface area contributed by atoms with Crippen LogP contribution in [0, 0.1) is 0 Å². The summed E-state index contributed by atoms with van der Waals surface area (Å²) >= 11 is 1.75. The quantitative estimate of drug-likeness (QED) is 0.868. The highest BCUT2D eigenvalue weighted by Crippen LogP contribution is 2.29. The molecule has 0 atom stereocenters. The average molecular weight is 271 g/mol. The van der Waals surface area contributed by atoms with Gasteiger partial charge in [-0.25, -0.2) is 9.97 Å². The molecule has 1 aromatic carbocycles. The Hall–Kier alpha value is -1.55. The lowest BCUT2D eigenvalue weighted by Gasteiger charge is -2.09. The fourth-order valence-electron chi connectivity index (χ4n) is 2.51. The third-order valence-corrected chi connectivity index (χ3v) is 4.26. The first kappa shape index (κ1) is 12.5. The van der Waals surface area contributed by atoms with E-state index in [9.17, 15) is 0 Å². The van der Waals surface area contributed by atoms with Gasteiger partial charge in [0, 0.05) is 28.8 Å². The van der Waals surface area contributed by atoms with Crippen molar-refractivity contribution in [3.63, 3.8) is 0 Å². The molecule has 2 aromatic rings. The van der Waals surface area contributed by atoms with Crippen molar-refractivity contribution in [2.75, 3.05) is 18.6 Å². The van der Waals surface area contributed by atoms with Crippen molar-refractivity contribution >= 4 is 17.6 Å². The Kier molecular flexibility index (Phi) is 3.42.